The van der Waals surface area contributed by atoms with E-state index in [2.05, 4.69) is 4.98 Å². The molecular weight excluding hydrogens is 286 g/mol. The van der Waals surface area contributed by atoms with Crippen molar-refractivity contribution in [1.82, 2.24) is 4.98 Å². The molecule has 2 heterocycles. The topological polar surface area (TPSA) is 26.0 Å². The van der Waals surface area contributed by atoms with Gasteiger partial charge in [0.25, 0.3) is 0 Å². The standard InChI is InChI=1S/C15H5F4NO/c16-10-8-5-7-6-3-1-2-4-9(6)21-15(7)20-14(8)13(19)12(18)11(10)17/h1-5H. The van der Waals surface area contributed by atoms with Crippen molar-refractivity contribution >= 4 is 33.0 Å². The molecule has 0 N–H and O–H groups in total. The summed E-state index contributed by atoms with van der Waals surface area (Å²) in [5.74, 6) is -6.74. The molecule has 6 heteroatoms. The third-order valence-electron chi connectivity index (χ3n) is 3.39. The Balaban J connectivity index is 2.28. The molecular formula is C15H5F4NO. The molecule has 104 valence electrons. The van der Waals surface area contributed by atoms with Crippen LogP contribution in [-0.4, -0.2) is 4.98 Å². The molecule has 0 aliphatic carbocycles. The first-order chi connectivity index (χ1) is 10.1. The normalized spacial score (nSPS) is 11.8. The maximum absolute atomic E-state index is 13.8. The van der Waals surface area contributed by atoms with Gasteiger partial charge in [0, 0.05) is 16.2 Å². The Bertz CT molecular complexity index is 1040. The maximum Gasteiger partial charge on any atom is 0.227 e. The Hall–Kier alpha value is -2.63. The minimum absolute atomic E-state index is 0.0352. The first-order valence-corrected chi connectivity index (χ1v) is 6.02. The van der Waals surface area contributed by atoms with Gasteiger partial charge in [0.15, 0.2) is 23.3 Å². The highest BCUT2D eigenvalue weighted by molar-refractivity contribution is 6.07. The van der Waals surface area contributed by atoms with Gasteiger partial charge in [-0.2, -0.15) is 0 Å². The molecule has 21 heavy (non-hydrogen) atoms. The molecule has 0 saturated carbocycles. The smallest absolute Gasteiger partial charge is 0.227 e. The Morgan fingerprint density at radius 1 is 0.762 bits per heavy atom. The minimum Gasteiger partial charge on any atom is -0.438 e. The lowest BCUT2D eigenvalue weighted by Crippen LogP contribution is -1.99. The zero-order valence-corrected chi connectivity index (χ0v) is 10.3. The molecule has 0 spiro atoms. The summed E-state index contributed by atoms with van der Waals surface area (Å²) in [6.07, 6.45) is 0. The molecule has 0 fully saturated rings. The third kappa shape index (κ3) is 1.50. The van der Waals surface area contributed by atoms with Crippen molar-refractivity contribution in [1.29, 1.82) is 0 Å². The second-order valence-corrected chi connectivity index (χ2v) is 4.59. The molecule has 0 bridgehead atoms. The summed E-state index contributed by atoms with van der Waals surface area (Å²) in [5.41, 5.74) is -0.0944. The summed E-state index contributed by atoms with van der Waals surface area (Å²) in [4.78, 5) is 3.79. The van der Waals surface area contributed by atoms with Crippen LogP contribution in [0, 0.1) is 23.3 Å². The second-order valence-electron chi connectivity index (χ2n) is 4.59. The van der Waals surface area contributed by atoms with Gasteiger partial charge in [-0.1, -0.05) is 18.2 Å². The fraction of sp³-hybridized carbons (Fsp3) is 0. The summed E-state index contributed by atoms with van der Waals surface area (Å²) in [5, 5.41) is 0.610. The van der Waals surface area contributed by atoms with Gasteiger partial charge < -0.3 is 4.42 Å². The number of hydrogen-bond acceptors (Lipinski definition) is 2. The molecule has 0 aliphatic rings. The molecule has 0 unspecified atom stereocenters. The summed E-state index contributed by atoms with van der Waals surface area (Å²) in [6.45, 7) is 0. The van der Waals surface area contributed by atoms with Crippen molar-refractivity contribution in [3.63, 3.8) is 0 Å². The first-order valence-electron chi connectivity index (χ1n) is 6.02. The second kappa shape index (κ2) is 3.94. The zero-order valence-electron chi connectivity index (χ0n) is 10.3. The van der Waals surface area contributed by atoms with E-state index < -0.39 is 34.2 Å². The van der Waals surface area contributed by atoms with E-state index in [1.54, 1.807) is 24.3 Å². The number of fused-ring (bicyclic) bond motifs is 4. The van der Waals surface area contributed by atoms with Crippen molar-refractivity contribution in [2.45, 2.75) is 0 Å². The molecule has 2 aromatic carbocycles. The average Bonchev–Trinajstić information content (AvgIpc) is 2.87. The van der Waals surface area contributed by atoms with Crippen LogP contribution in [0.15, 0.2) is 34.7 Å². The Kier molecular flexibility index (Phi) is 2.28. The monoisotopic (exact) mass is 291 g/mol. The van der Waals surface area contributed by atoms with Gasteiger partial charge in [0.05, 0.1) is 0 Å². The number of pyridine rings is 1. The Morgan fingerprint density at radius 2 is 1.48 bits per heavy atom. The van der Waals surface area contributed by atoms with Gasteiger partial charge in [0.1, 0.15) is 11.1 Å². The number of halogens is 4. The van der Waals surface area contributed by atoms with E-state index >= 15 is 0 Å². The van der Waals surface area contributed by atoms with Crippen molar-refractivity contribution in [2.24, 2.45) is 0 Å². The summed E-state index contributed by atoms with van der Waals surface area (Å²) < 4.78 is 59.6. The van der Waals surface area contributed by atoms with Gasteiger partial charge in [-0.3, -0.25) is 0 Å². The van der Waals surface area contributed by atoms with Gasteiger partial charge in [-0.25, -0.2) is 22.5 Å². The Morgan fingerprint density at radius 3 is 2.29 bits per heavy atom. The number of para-hydroxylation sites is 1. The van der Waals surface area contributed by atoms with Crippen molar-refractivity contribution in [3.8, 4) is 0 Å². The summed E-state index contributed by atoms with van der Waals surface area (Å²) in [6, 6.07) is 8.05. The summed E-state index contributed by atoms with van der Waals surface area (Å²) >= 11 is 0. The minimum atomic E-state index is -1.89. The van der Waals surface area contributed by atoms with Crippen LogP contribution in [-0.2, 0) is 0 Å². The van der Waals surface area contributed by atoms with Crippen LogP contribution < -0.4 is 0 Å². The lowest BCUT2D eigenvalue weighted by Gasteiger charge is -2.03. The van der Waals surface area contributed by atoms with Crippen molar-refractivity contribution in [2.75, 3.05) is 0 Å². The first kappa shape index (κ1) is 12.1. The molecule has 2 aromatic heterocycles. The molecule has 2 nitrogen and oxygen atoms in total. The zero-order chi connectivity index (χ0) is 14.7. The van der Waals surface area contributed by atoms with E-state index in [1.165, 1.54) is 6.07 Å². The molecule has 4 rings (SSSR count). The van der Waals surface area contributed by atoms with Crippen LogP contribution in [0.1, 0.15) is 0 Å². The number of furan rings is 1. The molecule has 0 amide bonds. The van der Waals surface area contributed by atoms with Crippen LogP contribution in [0.25, 0.3) is 33.0 Å². The van der Waals surface area contributed by atoms with Crippen LogP contribution >= 0.6 is 0 Å². The highest BCUT2D eigenvalue weighted by atomic mass is 19.2. The van der Waals surface area contributed by atoms with Gasteiger partial charge in [-0.05, 0) is 12.1 Å². The van der Waals surface area contributed by atoms with Crippen LogP contribution in [0.4, 0.5) is 17.6 Å². The van der Waals surface area contributed by atoms with Gasteiger partial charge >= 0.3 is 0 Å². The third-order valence-corrected chi connectivity index (χ3v) is 3.39. The molecule has 0 radical (unpaired) electrons. The largest absolute Gasteiger partial charge is 0.438 e. The van der Waals surface area contributed by atoms with E-state index in [-0.39, 0.29) is 5.71 Å². The Labute approximate surface area is 114 Å². The fourth-order valence-electron chi connectivity index (χ4n) is 2.40. The van der Waals surface area contributed by atoms with E-state index in [1.807, 2.05) is 0 Å². The lowest BCUT2D eigenvalue weighted by molar-refractivity contribution is 0.417. The molecule has 4 aromatic rings. The quantitative estimate of drug-likeness (QED) is 0.267. The molecule has 0 atom stereocenters. The number of hydrogen-bond donors (Lipinski definition) is 0. The molecule has 0 aliphatic heterocycles. The predicted molar refractivity (Wildman–Crippen MR) is 68.9 cm³/mol. The predicted octanol–water partition coefficient (Wildman–Crippen LogP) is 4.69. The van der Waals surface area contributed by atoms with E-state index in [9.17, 15) is 17.6 Å². The highest BCUT2D eigenvalue weighted by Gasteiger charge is 2.23. The maximum atomic E-state index is 13.8. The van der Waals surface area contributed by atoms with Crippen molar-refractivity contribution < 1.29 is 22.0 Å². The molecule has 0 saturated heterocycles. The fourth-order valence-corrected chi connectivity index (χ4v) is 2.40. The van der Waals surface area contributed by atoms with Crippen LogP contribution in [0.5, 0.6) is 0 Å². The van der Waals surface area contributed by atoms with E-state index in [0.29, 0.717) is 16.4 Å². The van der Waals surface area contributed by atoms with Crippen LogP contribution in [0.3, 0.4) is 0 Å². The van der Waals surface area contributed by atoms with Crippen molar-refractivity contribution in [3.05, 3.63) is 53.6 Å². The van der Waals surface area contributed by atoms with Gasteiger partial charge in [-0.15, -0.1) is 0 Å². The van der Waals surface area contributed by atoms with E-state index in [0.717, 1.165) is 0 Å². The highest BCUT2D eigenvalue weighted by Crippen LogP contribution is 2.33. The van der Waals surface area contributed by atoms with E-state index in [4.69, 9.17) is 4.42 Å². The van der Waals surface area contributed by atoms with Crippen LogP contribution in [0.2, 0.25) is 0 Å². The van der Waals surface area contributed by atoms with Gasteiger partial charge in [0.2, 0.25) is 5.71 Å². The number of rotatable bonds is 0. The number of aromatic nitrogens is 1. The average molecular weight is 291 g/mol. The number of nitrogens with zero attached hydrogens (tertiary/aromatic N) is 1. The lowest BCUT2D eigenvalue weighted by atomic mass is 10.1. The summed E-state index contributed by atoms with van der Waals surface area (Å²) in [7, 11) is 0. The number of benzene rings is 2. The SMILES string of the molecule is Fc1c(F)c(F)c2nc3oc4ccccc4c3cc2c1F.